The van der Waals surface area contributed by atoms with Gasteiger partial charge in [0.25, 0.3) is 5.91 Å². The summed E-state index contributed by atoms with van der Waals surface area (Å²) in [5.74, 6) is 0.771. The second kappa shape index (κ2) is 6.83. The molecule has 0 fully saturated rings. The number of anilines is 2. The highest BCUT2D eigenvalue weighted by Gasteiger charge is 2.21. The van der Waals surface area contributed by atoms with Crippen LogP contribution >= 0.6 is 0 Å². The number of aromatic nitrogens is 4. The predicted molar refractivity (Wildman–Crippen MR) is 88.5 cm³/mol. The number of aliphatic hydroxyl groups is 1. The molecule has 0 radical (unpaired) electrons. The second-order valence-corrected chi connectivity index (χ2v) is 5.74. The molecule has 0 bridgehead atoms. The summed E-state index contributed by atoms with van der Waals surface area (Å²) in [6.07, 6.45) is 2.58. The molecule has 24 heavy (non-hydrogen) atoms. The van der Waals surface area contributed by atoms with Gasteiger partial charge in [-0.1, -0.05) is 0 Å². The topological polar surface area (TPSA) is 122 Å². The van der Waals surface area contributed by atoms with Crippen molar-refractivity contribution in [3.05, 3.63) is 29.2 Å². The SMILES string of the molecule is Cc1cnc(N2CCCn3nc(C(=O)NCCO)cc3C2)nc1N. The zero-order valence-electron chi connectivity index (χ0n) is 13.6. The summed E-state index contributed by atoms with van der Waals surface area (Å²) in [6.45, 7) is 4.05. The summed E-state index contributed by atoms with van der Waals surface area (Å²) in [5, 5.41) is 15.8. The second-order valence-electron chi connectivity index (χ2n) is 5.74. The molecule has 3 rings (SSSR count). The first-order valence-electron chi connectivity index (χ1n) is 7.88. The molecule has 1 aliphatic heterocycles. The van der Waals surface area contributed by atoms with E-state index < -0.39 is 0 Å². The number of aryl methyl sites for hydroxylation is 2. The monoisotopic (exact) mass is 331 g/mol. The molecule has 1 amide bonds. The number of nitrogens with one attached hydrogen (secondary N) is 1. The average Bonchev–Trinajstić information content (AvgIpc) is 2.87. The van der Waals surface area contributed by atoms with E-state index in [-0.39, 0.29) is 19.1 Å². The fraction of sp³-hybridized carbons (Fsp3) is 0.467. The lowest BCUT2D eigenvalue weighted by Gasteiger charge is -2.20. The van der Waals surface area contributed by atoms with Crippen LogP contribution in [0.25, 0.3) is 0 Å². The summed E-state index contributed by atoms with van der Waals surface area (Å²) in [4.78, 5) is 22.7. The molecule has 2 aromatic rings. The Morgan fingerprint density at radius 2 is 2.29 bits per heavy atom. The van der Waals surface area contributed by atoms with E-state index in [0.29, 0.717) is 24.0 Å². The lowest BCUT2D eigenvalue weighted by molar-refractivity contribution is 0.0939. The number of nitrogens with zero attached hydrogens (tertiary/aromatic N) is 5. The van der Waals surface area contributed by atoms with Gasteiger partial charge >= 0.3 is 0 Å². The van der Waals surface area contributed by atoms with Crippen molar-refractivity contribution in [1.29, 1.82) is 0 Å². The maximum atomic E-state index is 12.0. The van der Waals surface area contributed by atoms with E-state index in [1.54, 1.807) is 12.3 Å². The highest BCUT2D eigenvalue weighted by atomic mass is 16.3. The van der Waals surface area contributed by atoms with E-state index >= 15 is 0 Å². The van der Waals surface area contributed by atoms with Crippen molar-refractivity contribution in [1.82, 2.24) is 25.1 Å². The van der Waals surface area contributed by atoms with Crippen LogP contribution in [0.5, 0.6) is 0 Å². The van der Waals surface area contributed by atoms with E-state index in [9.17, 15) is 4.79 Å². The molecular formula is C15H21N7O2. The fourth-order valence-corrected chi connectivity index (χ4v) is 2.60. The van der Waals surface area contributed by atoms with Crippen molar-refractivity contribution in [2.24, 2.45) is 0 Å². The van der Waals surface area contributed by atoms with Gasteiger partial charge in [-0.2, -0.15) is 10.1 Å². The number of hydrogen-bond donors (Lipinski definition) is 3. The quantitative estimate of drug-likeness (QED) is 0.703. The third-order valence-electron chi connectivity index (χ3n) is 3.93. The molecule has 4 N–H and O–H groups in total. The molecule has 3 heterocycles. The number of rotatable bonds is 4. The molecule has 2 aromatic heterocycles. The number of amides is 1. The van der Waals surface area contributed by atoms with Gasteiger partial charge < -0.3 is 21.1 Å². The summed E-state index contributed by atoms with van der Waals surface area (Å²) < 4.78 is 1.84. The molecule has 128 valence electrons. The maximum absolute atomic E-state index is 12.0. The Kier molecular flexibility index (Phi) is 4.61. The number of nitrogen functional groups attached to an aromatic ring is 1. The van der Waals surface area contributed by atoms with Crippen LogP contribution in [-0.4, -0.2) is 50.5 Å². The van der Waals surface area contributed by atoms with Gasteiger partial charge in [-0.3, -0.25) is 9.48 Å². The van der Waals surface area contributed by atoms with Crippen molar-refractivity contribution < 1.29 is 9.90 Å². The lowest BCUT2D eigenvalue weighted by atomic mass is 10.3. The molecule has 0 spiro atoms. The van der Waals surface area contributed by atoms with Gasteiger partial charge in [-0.25, -0.2) is 4.98 Å². The van der Waals surface area contributed by atoms with Gasteiger partial charge in [0.1, 0.15) is 5.82 Å². The average molecular weight is 331 g/mol. The number of aliphatic hydroxyl groups excluding tert-OH is 1. The molecule has 9 nitrogen and oxygen atoms in total. The summed E-state index contributed by atoms with van der Waals surface area (Å²) in [5.41, 5.74) is 8.00. The van der Waals surface area contributed by atoms with Crippen molar-refractivity contribution in [3.63, 3.8) is 0 Å². The van der Waals surface area contributed by atoms with Gasteiger partial charge in [0.05, 0.1) is 18.8 Å². The van der Waals surface area contributed by atoms with Crippen LogP contribution < -0.4 is 16.0 Å². The zero-order chi connectivity index (χ0) is 17.1. The van der Waals surface area contributed by atoms with E-state index in [4.69, 9.17) is 10.8 Å². The minimum absolute atomic E-state index is 0.0979. The summed E-state index contributed by atoms with van der Waals surface area (Å²) in [6, 6.07) is 1.77. The van der Waals surface area contributed by atoms with E-state index in [1.807, 2.05) is 16.5 Å². The standard InChI is InChI=1S/C15H21N7O2/c1-10-8-18-15(19-13(10)16)21-4-2-5-22-11(9-21)7-12(20-22)14(24)17-3-6-23/h7-8,23H,2-6,9H2,1H3,(H,17,24)(H2,16,18,19). The smallest absolute Gasteiger partial charge is 0.271 e. The third-order valence-corrected chi connectivity index (χ3v) is 3.93. The van der Waals surface area contributed by atoms with E-state index in [2.05, 4.69) is 20.4 Å². The minimum Gasteiger partial charge on any atom is -0.395 e. The number of fused-ring (bicyclic) bond motifs is 1. The molecule has 0 aromatic carbocycles. The Labute approximate surface area is 139 Å². The minimum atomic E-state index is -0.285. The third kappa shape index (κ3) is 3.30. The first-order valence-corrected chi connectivity index (χ1v) is 7.88. The normalized spacial score (nSPS) is 14.2. The Morgan fingerprint density at radius 3 is 3.04 bits per heavy atom. The van der Waals surface area contributed by atoms with Crippen molar-refractivity contribution in [2.75, 3.05) is 30.3 Å². The number of nitrogens with two attached hydrogens (primary N) is 1. The highest BCUT2D eigenvalue weighted by Crippen LogP contribution is 2.19. The van der Waals surface area contributed by atoms with Crippen LogP contribution in [0.3, 0.4) is 0 Å². The number of carbonyl (C=O) groups excluding carboxylic acids is 1. The first-order chi connectivity index (χ1) is 11.6. The van der Waals surface area contributed by atoms with Gasteiger partial charge in [-0.05, 0) is 19.4 Å². The van der Waals surface area contributed by atoms with Crippen LogP contribution in [0, 0.1) is 6.92 Å². The van der Waals surface area contributed by atoms with Crippen LogP contribution in [0.4, 0.5) is 11.8 Å². The summed E-state index contributed by atoms with van der Waals surface area (Å²) in [7, 11) is 0. The number of hydrogen-bond acceptors (Lipinski definition) is 7. The number of carbonyl (C=O) groups is 1. The Balaban J connectivity index is 1.80. The molecular weight excluding hydrogens is 310 g/mol. The molecule has 0 atom stereocenters. The van der Waals surface area contributed by atoms with Crippen LogP contribution in [0.2, 0.25) is 0 Å². The van der Waals surface area contributed by atoms with E-state index in [1.165, 1.54) is 0 Å². The molecule has 0 unspecified atom stereocenters. The van der Waals surface area contributed by atoms with Crippen LogP contribution in [-0.2, 0) is 13.1 Å². The predicted octanol–water partition coefficient (Wildman–Crippen LogP) is -0.304. The molecule has 0 aliphatic carbocycles. The first kappa shape index (κ1) is 16.2. The Bertz CT molecular complexity index is 743. The Morgan fingerprint density at radius 1 is 1.46 bits per heavy atom. The molecule has 9 heteroatoms. The highest BCUT2D eigenvalue weighted by molar-refractivity contribution is 5.92. The van der Waals surface area contributed by atoms with Crippen LogP contribution in [0.1, 0.15) is 28.2 Å². The van der Waals surface area contributed by atoms with Crippen molar-refractivity contribution >= 4 is 17.7 Å². The van der Waals surface area contributed by atoms with Gasteiger partial charge in [0, 0.05) is 31.4 Å². The van der Waals surface area contributed by atoms with Crippen molar-refractivity contribution in [3.8, 4) is 0 Å². The molecule has 0 saturated heterocycles. The maximum Gasteiger partial charge on any atom is 0.271 e. The molecule has 0 saturated carbocycles. The van der Waals surface area contributed by atoms with Gasteiger partial charge in [0.2, 0.25) is 5.95 Å². The summed E-state index contributed by atoms with van der Waals surface area (Å²) >= 11 is 0. The fourth-order valence-electron chi connectivity index (χ4n) is 2.60. The Hall–Kier alpha value is -2.68. The largest absolute Gasteiger partial charge is 0.395 e. The zero-order valence-corrected chi connectivity index (χ0v) is 13.6. The van der Waals surface area contributed by atoms with Crippen molar-refractivity contribution in [2.45, 2.75) is 26.4 Å². The van der Waals surface area contributed by atoms with Gasteiger partial charge in [-0.15, -0.1) is 0 Å². The lowest BCUT2D eigenvalue weighted by Crippen LogP contribution is -2.27. The molecule has 1 aliphatic rings. The van der Waals surface area contributed by atoms with E-state index in [0.717, 1.165) is 30.8 Å². The van der Waals surface area contributed by atoms with Crippen LogP contribution in [0.15, 0.2) is 12.3 Å². The van der Waals surface area contributed by atoms with Gasteiger partial charge in [0.15, 0.2) is 5.69 Å².